The number of ether oxygens (including phenoxy) is 2. The van der Waals surface area contributed by atoms with Gasteiger partial charge < -0.3 is 9.47 Å². The van der Waals surface area contributed by atoms with Crippen molar-refractivity contribution in [2.75, 3.05) is 7.11 Å². The van der Waals surface area contributed by atoms with Crippen molar-refractivity contribution in [3.05, 3.63) is 91.0 Å². The van der Waals surface area contributed by atoms with Crippen LogP contribution in [0.25, 0.3) is 0 Å². The van der Waals surface area contributed by atoms with Crippen LogP contribution in [-0.2, 0) is 17.8 Å². The number of hydrazone groups is 1. The molecule has 0 unspecified atom stereocenters. The number of rotatable bonds is 8. The molecule has 160 valence electrons. The molecule has 0 saturated carbocycles. The number of carbonyl (C=O) groups is 1. The molecule has 0 aliphatic heterocycles. The Kier molecular flexibility index (Phi) is 8.57. The summed E-state index contributed by atoms with van der Waals surface area (Å²) in [6.07, 6.45) is 1.83. The average Bonchev–Trinajstić information content (AvgIpc) is 2.74. The first-order chi connectivity index (χ1) is 15.0. The number of benzene rings is 3. The number of hydrogen-bond donors (Lipinski definition) is 1. The fourth-order valence-corrected chi connectivity index (χ4v) is 3.99. The van der Waals surface area contributed by atoms with Crippen LogP contribution in [0.4, 0.5) is 0 Å². The van der Waals surface area contributed by atoms with E-state index in [0.717, 1.165) is 20.3 Å². The second kappa shape index (κ2) is 11.4. The first-order valence-electron chi connectivity index (χ1n) is 9.26. The number of hydrogen-bond acceptors (Lipinski definition) is 4. The highest BCUT2D eigenvalue weighted by Crippen LogP contribution is 2.34. The standard InChI is InChI=1S/C23H19Cl2IN2O3/c1-30-21-10-16(13-27-28-22(29)11-15-5-3-2-4-6-15)9-20(26)23(21)31-14-17-7-8-18(24)12-19(17)25/h2-10,12-13H,11,14H2,1H3,(H,28,29)/b27-13-. The summed E-state index contributed by atoms with van der Waals surface area (Å²) in [5.74, 6) is 0.956. The van der Waals surface area contributed by atoms with E-state index in [4.69, 9.17) is 32.7 Å². The minimum absolute atomic E-state index is 0.191. The molecule has 0 fully saturated rings. The van der Waals surface area contributed by atoms with Crippen LogP contribution >= 0.6 is 45.8 Å². The largest absolute Gasteiger partial charge is 0.493 e. The van der Waals surface area contributed by atoms with E-state index in [0.29, 0.717) is 21.5 Å². The summed E-state index contributed by atoms with van der Waals surface area (Å²) >= 11 is 14.3. The lowest BCUT2D eigenvalue weighted by Gasteiger charge is -2.14. The van der Waals surface area contributed by atoms with Crippen LogP contribution < -0.4 is 14.9 Å². The van der Waals surface area contributed by atoms with E-state index < -0.39 is 0 Å². The van der Waals surface area contributed by atoms with Gasteiger partial charge in [0.15, 0.2) is 11.5 Å². The number of amides is 1. The summed E-state index contributed by atoms with van der Waals surface area (Å²) in [7, 11) is 1.57. The first-order valence-corrected chi connectivity index (χ1v) is 11.1. The molecule has 0 bridgehead atoms. The minimum Gasteiger partial charge on any atom is -0.493 e. The Bertz CT molecular complexity index is 1090. The van der Waals surface area contributed by atoms with E-state index in [-0.39, 0.29) is 18.9 Å². The third kappa shape index (κ3) is 6.85. The fourth-order valence-electron chi connectivity index (χ4n) is 2.74. The van der Waals surface area contributed by atoms with Crippen LogP contribution in [0, 0.1) is 3.57 Å². The van der Waals surface area contributed by atoms with Crippen molar-refractivity contribution in [3.8, 4) is 11.5 Å². The number of nitrogens with one attached hydrogen (secondary N) is 1. The number of carbonyl (C=O) groups excluding carboxylic acids is 1. The SMILES string of the molecule is COc1cc(/C=N\NC(=O)Cc2ccccc2)cc(I)c1OCc1ccc(Cl)cc1Cl. The maximum Gasteiger partial charge on any atom is 0.244 e. The summed E-state index contributed by atoms with van der Waals surface area (Å²) in [5, 5.41) is 5.15. The lowest BCUT2D eigenvalue weighted by atomic mass is 10.1. The van der Waals surface area contributed by atoms with Crippen LogP contribution in [0.2, 0.25) is 10.0 Å². The molecule has 0 aliphatic rings. The van der Waals surface area contributed by atoms with Gasteiger partial charge in [-0.25, -0.2) is 5.43 Å². The second-order valence-electron chi connectivity index (χ2n) is 6.51. The van der Waals surface area contributed by atoms with E-state index >= 15 is 0 Å². The van der Waals surface area contributed by atoms with Crippen LogP contribution in [0.3, 0.4) is 0 Å². The van der Waals surface area contributed by atoms with Gasteiger partial charge >= 0.3 is 0 Å². The maximum absolute atomic E-state index is 12.0. The van der Waals surface area contributed by atoms with E-state index in [1.54, 1.807) is 31.5 Å². The summed E-state index contributed by atoms with van der Waals surface area (Å²) in [4.78, 5) is 12.0. The molecule has 31 heavy (non-hydrogen) atoms. The van der Waals surface area contributed by atoms with Gasteiger partial charge in [-0.1, -0.05) is 59.6 Å². The topological polar surface area (TPSA) is 59.9 Å². The zero-order valence-corrected chi connectivity index (χ0v) is 20.2. The highest BCUT2D eigenvalue weighted by atomic mass is 127. The Morgan fingerprint density at radius 3 is 2.61 bits per heavy atom. The molecule has 3 rings (SSSR count). The van der Waals surface area contributed by atoms with Crippen molar-refractivity contribution in [1.82, 2.24) is 5.43 Å². The van der Waals surface area contributed by atoms with Gasteiger partial charge in [-0.2, -0.15) is 5.10 Å². The number of halogens is 3. The molecule has 5 nitrogen and oxygen atoms in total. The van der Waals surface area contributed by atoms with Gasteiger partial charge in [0.2, 0.25) is 5.91 Å². The van der Waals surface area contributed by atoms with Crippen LogP contribution in [-0.4, -0.2) is 19.2 Å². The molecule has 8 heteroatoms. The van der Waals surface area contributed by atoms with Crippen molar-refractivity contribution in [2.45, 2.75) is 13.0 Å². The summed E-state index contributed by atoms with van der Waals surface area (Å²) in [6.45, 7) is 0.269. The Balaban J connectivity index is 1.65. The molecule has 1 N–H and O–H groups in total. The molecule has 0 atom stereocenters. The van der Waals surface area contributed by atoms with Crippen LogP contribution in [0.5, 0.6) is 11.5 Å². The van der Waals surface area contributed by atoms with E-state index in [2.05, 4.69) is 33.1 Å². The van der Waals surface area contributed by atoms with E-state index in [1.165, 1.54) is 0 Å². The summed E-state index contributed by atoms with van der Waals surface area (Å²) in [6, 6.07) is 18.4. The van der Waals surface area contributed by atoms with Crippen molar-refractivity contribution >= 4 is 57.9 Å². The minimum atomic E-state index is -0.191. The van der Waals surface area contributed by atoms with Gasteiger partial charge in [0.25, 0.3) is 0 Å². The average molecular weight is 569 g/mol. The van der Waals surface area contributed by atoms with E-state index in [1.807, 2.05) is 42.5 Å². The second-order valence-corrected chi connectivity index (χ2v) is 8.52. The molecule has 3 aromatic rings. The summed E-state index contributed by atoms with van der Waals surface area (Å²) in [5.41, 5.74) is 5.04. The zero-order valence-electron chi connectivity index (χ0n) is 16.6. The highest BCUT2D eigenvalue weighted by Gasteiger charge is 2.13. The number of methoxy groups -OCH3 is 1. The van der Waals surface area contributed by atoms with Gasteiger partial charge in [0.1, 0.15) is 6.61 Å². The Morgan fingerprint density at radius 2 is 1.90 bits per heavy atom. The van der Waals surface area contributed by atoms with Gasteiger partial charge in [0, 0.05) is 15.6 Å². The smallest absolute Gasteiger partial charge is 0.244 e. The predicted molar refractivity (Wildman–Crippen MR) is 132 cm³/mol. The molecular formula is C23H19Cl2IN2O3. The molecule has 1 amide bonds. The third-order valence-electron chi connectivity index (χ3n) is 4.25. The van der Waals surface area contributed by atoms with Crippen molar-refractivity contribution in [2.24, 2.45) is 5.10 Å². The lowest BCUT2D eigenvalue weighted by molar-refractivity contribution is -0.120. The highest BCUT2D eigenvalue weighted by molar-refractivity contribution is 14.1. The van der Waals surface area contributed by atoms with Gasteiger partial charge in [-0.3, -0.25) is 4.79 Å². The normalized spacial score (nSPS) is 10.8. The van der Waals surface area contributed by atoms with Crippen molar-refractivity contribution < 1.29 is 14.3 Å². The molecule has 0 spiro atoms. The monoisotopic (exact) mass is 568 g/mol. The van der Waals surface area contributed by atoms with Crippen LogP contribution in [0.1, 0.15) is 16.7 Å². The van der Waals surface area contributed by atoms with Gasteiger partial charge in [-0.05, 0) is 58.0 Å². The van der Waals surface area contributed by atoms with E-state index in [9.17, 15) is 4.79 Å². The molecule has 0 aromatic heterocycles. The number of nitrogens with zero attached hydrogens (tertiary/aromatic N) is 1. The Morgan fingerprint density at radius 1 is 1.13 bits per heavy atom. The predicted octanol–water partition coefficient (Wildman–Crippen LogP) is 5.88. The molecule has 0 radical (unpaired) electrons. The first kappa shape index (κ1) is 23.4. The van der Waals surface area contributed by atoms with Crippen molar-refractivity contribution in [1.29, 1.82) is 0 Å². The molecule has 0 heterocycles. The zero-order chi connectivity index (χ0) is 22.2. The van der Waals surface area contributed by atoms with Gasteiger partial charge in [0.05, 0.1) is 23.3 Å². The van der Waals surface area contributed by atoms with Crippen LogP contribution in [0.15, 0.2) is 65.8 Å². The molecule has 0 aliphatic carbocycles. The summed E-state index contributed by atoms with van der Waals surface area (Å²) < 4.78 is 12.3. The fraction of sp³-hybridized carbons (Fsp3) is 0.130. The molecule has 0 saturated heterocycles. The molecular weight excluding hydrogens is 550 g/mol. The lowest BCUT2D eigenvalue weighted by Crippen LogP contribution is -2.19. The third-order valence-corrected chi connectivity index (χ3v) is 5.64. The quantitative estimate of drug-likeness (QED) is 0.210. The molecule has 3 aromatic carbocycles. The maximum atomic E-state index is 12.0. The Labute approximate surface area is 204 Å². The Hall–Kier alpha value is -2.29. The van der Waals surface area contributed by atoms with Gasteiger partial charge in [-0.15, -0.1) is 0 Å². The van der Waals surface area contributed by atoms with Crippen molar-refractivity contribution in [3.63, 3.8) is 0 Å².